The number of unbranched alkanes of at least 4 members (excludes halogenated alkanes) is 28. The lowest BCUT2D eigenvalue weighted by Crippen LogP contribution is -2.29. The van der Waals surface area contributed by atoms with Gasteiger partial charge in [-0.25, -0.2) is 0 Å². The van der Waals surface area contributed by atoms with Gasteiger partial charge >= 0.3 is 0 Å². The van der Waals surface area contributed by atoms with Crippen LogP contribution in [0.15, 0.2) is 0 Å². The highest BCUT2D eigenvalue weighted by Crippen LogP contribution is 2.15. The summed E-state index contributed by atoms with van der Waals surface area (Å²) >= 11 is 0. The molecule has 0 aromatic rings. The molecule has 42 heavy (non-hydrogen) atoms. The third kappa shape index (κ3) is 41.2. The van der Waals surface area contributed by atoms with Crippen LogP contribution in [0, 0.1) is 0 Å². The Kier molecular flexibility index (Phi) is 41.3. The van der Waals surface area contributed by atoms with Gasteiger partial charge in [-0.1, -0.05) is 194 Å². The molecule has 0 saturated heterocycles. The lowest BCUT2D eigenvalue weighted by atomic mass is 10.0. The predicted molar refractivity (Wildman–Crippen MR) is 185 cm³/mol. The first-order chi connectivity index (χ1) is 20.6. The average Bonchev–Trinajstić information content (AvgIpc) is 2.97. The highest BCUT2D eigenvalue weighted by molar-refractivity contribution is 5.95. The molecule has 0 saturated carbocycles. The van der Waals surface area contributed by atoms with Crippen LogP contribution in [0.3, 0.4) is 0 Å². The SMILES string of the molecule is CCCCCCCCCCCCCCCCCC(=O)NC(=O)CCCCCCCCCCCCCCCCC.CCO. The van der Waals surface area contributed by atoms with Crippen LogP contribution in [0.5, 0.6) is 0 Å². The van der Waals surface area contributed by atoms with E-state index in [-0.39, 0.29) is 18.4 Å². The molecule has 0 aliphatic carbocycles. The third-order valence-electron chi connectivity index (χ3n) is 8.29. The number of aliphatic hydroxyl groups is 1. The van der Waals surface area contributed by atoms with Crippen LogP contribution in [-0.4, -0.2) is 23.5 Å². The van der Waals surface area contributed by atoms with Crippen molar-refractivity contribution in [2.75, 3.05) is 6.61 Å². The van der Waals surface area contributed by atoms with Gasteiger partial charge in [-0.05, 0) is 19.8 Å². The van der Waals surface area contributed by atoms with Gasteiger partial charge in [0.1, 0.15) is 0 Å². The van der Waals surface area contributed by atoms with Crippen LogP contribution in [0.25, 0.3) is 0 Å². The first kappa shape index (κ1) is 43.2. The van der Waals surface area contributed by atoms with E-state index in [9.17, 15) is 9.59 Å². The van der Waals surface area contributed by atoms with Crippen molar-refractivity contribution in [2.45, 2.75) is 226 Å². The molecule has 0 aliphatic heterocycles. The van der Waals surface area contributed by atoms with Crippen molar-refractivity contribution in [3.05, 3.63) is 0 Å². The molecule has 0 heterocycles. The number of hydrogen-bond donors (Lipinski definition) is 2. The van der Waals surface area contributed by atoms with Crippen LogP contribution in [0.1, 0.15) is 226 Å². The quantitative estimate of drug-likeness (QED) is 0.0760. The summed E-state index contributed by atoms with van der Waals surface area (Å²) < 4.78 is 0. The summed E-state index contributed by atoms with van der Waals surface area (Å²) in [5.74, 6) is -0.147. The Hall–Kier alpha value is -0.900. The first-order valence-electron chi connectivity index (χ1n) is 19.1. The fraction of sp³-hybridized carbons (Fsp3) is 0.947. The maximum absolute atomic E-state index is 12.0. The summed E-state index contributed by atoms with van der Waals surface area (Å²) in [6.45, 7) is 6.49. The number of hydrogen-bond acceptors (Lipinski definition) is 3. The molecule has 0 aromatic heterocycles. The highest BCUT2D eigenvalue weighted by Gasteiger charge is 2.07. The maximum atomic E-state index is 12.0. The molecule has 0 atom stereocenters. The van der Waals surface area contributed by atoms with Crippen molar-refractivity contribution >= 4 is 11.8 Å². The molecular formula is C38H77NO3. The van der Waals surface area contributed by atoms with Gasteiger partial charge in [0.25, 0.3) is 0 Å². The molecule has 4 heteroatoms. The van der Waals surface area contributed by atoms with Gasteiger partial charge in [0.05, 0.1) is 0 Å². The standard InChI is InChI=1S/C36H71NO2.C2H6O/c1-3-5-7-9-11-13-15-17-19-21-23-25-27-29-31-33-35(38)37-36(39)34-32-30-28-26-24-22-20-18-16-14-12-10-8-6-4-2;1-2-3/h3-34H2,1-2H3,(H,37,38,39);3H,2H2,1H3. The van der Waals surface area contributed by atoms with Crippen LogP contribution in [0.2, 0.25) is 0 Å². The lowest BCUT2D eigenvalue weighted by Gasteiger charge is -2.05. The summed E-state index contributed by atoms with van der Waals surface area (Å²) in [5.41, 5.74) is 0. The number of imide groups is 1. The van der Waals surface area contributed by atoms with Crippen molar-refractivity contribution in [1.29, 1.82) is 0 Å². The molecule has 252 valence electrons. The van der Waals surface area contributed by atoms with E-state index in [1.807, 2.05) is 0 Å². The van der Waals surface area contributed by atoms with Crippen molar-refractivity contribution in [3.8, 4) is 0 Å². The maximum Gasteiger partial charge on any atom is 0.226 e. The molecule has 0 bridgehead atoms. The van der Waals surface area contributed by atoms with Gasteiger partial charge < -0.3 is 5.11 Å². The summed E-state index contributed by atoms with van der Waals surface area (Å²) in [6, 6.07) is 0. The minimum absolute atomic E-state index is 0.0735. The van der Waals surface area contributed by atoms with Crippen molar-refractivity contribution in [3.63, 3.8) is 0 Å². The summed E-state index contributed by atoms with van der Waals surface area (Å²) in [6.07, 6.45) is 40.8. The fourth-order valence-electron chi connectivity index (χ4n) is 5.59. The molecule has 0 fully saturated rings. The summed E-state index contributed by atoms with van der Waals surface area (Å²) in [7, 11) is 0. The van der Waals surface area contributed by atoms with Crippen LogP contribution < -0.4 is 5.32 Å². The van der Waals surface area contributed by atoms with E-state index >= 15 is 0 Å². The van der Waals surface area contributed by atoms with Crippen LogP contribution in [0.4, 0.5) is 0 Å². The van der Waals surface area contributed by atoms with Gasteiger partial charge in [-0.15, -0.1) is 0 Å². The minimum atomic E-state index is -0.0735. The van der Waals surface area contributed by atoms with E-state index in [0.717, 1.165) is 25.7 Å². The van der Waals surface area contributed by atoms with Crippen LogP contribution in [-0.2, 0) is 9.59 Å². The number of carbonyl (C=O) groups excluding carboxylic acids is 2. The highest BCUT2D eigenvalue weighted by atomic mass is 16.2. The summed E-state index contributed by atoms with van der Waals surface area (Å²) in [4.78, 5) is 24.0. The first-order valence-corrected chi connectivity index (χ1v) is 19.1. The minimum Gasteiger partial charge on any atom is -0.397 e. The fourth-order valence-corrected chi connectivity index (χ4v) is 5.59. The Morgan fingerprint density at radius 2 is 0.524 bits per heavy atom. The van der Waals surface area contributed by atoms with Crippen LogP contribution >= 0.6 is 0 Å². The van der Waals surface area contributed by atoms with E-state index in [0.29, 0.717) is 12.8 Å². The van der Waals surface area contributed by atoms with Gasteiger partial charge in [0.15, 0.2) is 0 Å². The zero-order chi connectivity index (χ0) is 31.2. The number of rotatable bonds is 32. The second-order valence-electron chi connectivity index (χ2n) is 12.7. The van der Waals surface area contributed by atoms with E-state index in [1.165, 1.54) is 167 Å². The molecule has 0 spiro atoms. The normalized spacial score (nSPS) is 10.9. The second-order valence-corrected chi connectivity index (χ2v) is 12.7. The molecule has 0 radical (unpaired) electrons. The molecular weight excluding hydrogens is 518 g/mol. The Balaban J connectivity index is 0. The van der Waals surface area contributed by atoms with E-state index in [2.05, 4.69) is 19.2 Å². The number of amides is 2. The van der Waals surface area contributed by atoms with Gasteiger partial charge in [-0.3, -0.25) is 14.9 Å². The molecule has 0 rings (SSSR count). The monoisotopic (exact) mass is 596 g/mol. The lowest BCUT2D eigenvalue weighted by molar-refractivity contribution is -0.130. The largest absolute Gasteiger partial charge is 0.397 e. The van der Waals surface area contributed by atoms with Crippen molar-refractivity contribution in [1.82, 2.24) is 5.32 Å². The number of aliphatic hydroxyl groups excluding tert-OH is 1. The van der Waals surface area contributed by atoms with E-state index in [1.54, 1.807) is 6.92 Å². The summed E-state index contributed by atoms with van der Waals surface area (Å²) in [5, 5.41) is 10.2. The molecule has 0 unspecified atom stereocenters. The van der Waals surface area contributed by atoms with Gasteiger partial charge in [-0.2, -0.15) is 0 Å². The average molecular weight is 596 g/mol. The third-order valence-corrected chi connectivity index (χ3v) is 8.29. The molecule has 2 amide bonds. The smallest absolute Gasteiger partial charge is 0.226 e. The van der Waals surface area contributed by atoms with Gasteiger partial charge in [0, 0.05) is 19.4 Å². The van der Waals surface area contributed by atoms with Crippen molar-refractivity contribution < 1.29 is 14.7 Å². The number of nitrogens with one attached hydrogen (secondary N) is 1. The molecule has 2 N–H and O–H groups in total. The topological polar surface area (TPSA) is 66.4 Å². The van der Waals surface area contributed by atoms with E-state index < -0.39 is 0 Å². The van der Waals surface area contributed by atoms with Crippen molar-refractivity contribution in [2.24, 2.45) is 0 Å². The molecule has 0 aromatic carbocycles. The Labute approximate surface area is 264 Å². The Morgan fingerprint density at radius 1 is 0.357 bits per heavy atom. The zero-order valence-corrected chi connectivity index (χ0v) is 29.1. The molecule has 0 aliphatic rings. The van der Waals surface area contributed by atoms with Gasteiger partial charge in [0.2, 0.25) is 11.8 Å². The Morgan fingerprint density at radius 3 is 0.714 bits per heavy atom. The molecule has 4 nitrogen and oxygen atoms in total. The second kappa shape index (κ2) is 40.1. The predicted octanol–water partition coefficient (Wildman–Crippen LogP) is 12.2. The van der Waals surface area contributed by atoms with E-state index in [4.69, 9.17) is 5.11 Å². The number of carbonyl (C=O) groups is 2. The zero-order valence-electron chi connectivity index (χ0n) is 29.1. The Bertz CT molecular complexity index is 478.